The molecule has 0 bridgehead atoms. The molecular weight excluding hydrogens is 138 g/mol. The van der Waals surface area contributed by atoms with Crippen molar-refractivity contribution >= 4 is 39.2 Å². The summed E-state index contributed by atoms with van der Waals surface area (Å²) in [6, 6.07) is 0. The van der Waals surface area contributed by atoms with Crippen molar-refractivity contribution in [3.63, 3.8) is 0 Å². The Morgan fingerprint density at radius 2 is 1.33 bits per heavy atom. The second-order valence-corrected chi connectivity index (χ2v) is 4.19. The lowest BCUT2D eigenvalue weighted by Crippen LogP contribution is -2.18. The Bertz CT molecular complexity index is 237. The lowest BCUT2D eigenvalue weighted by molar-refractivity contribution is 0.959. The minimum absolute atomic E-state index is 0.730. The van der Waals surface area contributed by atoms with E-state index in [1.165, 1.54) is 11.0 Å². The van der Waals surface area contributed by atoms with E-state index in [1.54, 1.807) is 10.9 Å². The van der Waals surface area contributed by atoms with E-state index in [0.29, 0.717) is 0 Å². The Kier molecular flexibility index (Phi) is 2.70. The van der Waals surface area contributed by atoms with Crippen molar-refractivity contribution in [3.05, 3.63) is 22.0 Å². The van der Waals surface area contributed by atoms with Gasteiger partial charge in [0.1, 0.15) is 39.2 Å². The van der Waals surface area contributed by atoms with Crippen LogP contribution < -0.4 is 0 Å². The summed E-state index contributed by atoms with van der Waals surface area (Å²) in [5.41, 5.74) is 6.17. The van der Waals surface area contributed by atoms with Crippen LogP contribution in [0.1, 0.15) is 6.92 Å². The highest BCUT2D eigenvalue weighted by Gasteiger charge is 2.22. The standard InChI is InChI=1S/C7H15B5/c1-2-3(8)5(10)7(12)6(11)4(2)9/h5,7H,8-12H2,1H3. The minimum atomic E-state index is 0.730. The molecule has 0 fully saturated rings. The first-order valence-corrected chi connectivity index (χ1v) is 4.82. The van der Waals surface area contributed by atoms with Crippen LogP contribution >= 0.6 is 0 Å². The van der Waals surface area contributed by atoms with Crippen LogP contribution in [0.3, 0.4) is 0 Å². The lowest BCUT2D eigenvalue weighted by Gasteiger charge is -2.32. The van der Waals surface area contributed by atoms with Crippen molar-refractivity contribution in [3.8, 4) is 0 Å². The molecule has 0 aromatic heterocycles. The maximum absolute atomic E-state index is 2.33. The van der Waals surface area contributed by atoms with Crippen molar-refractivity contribution < 1.29 is 0 Å². The van der Waals surface area contributed by atoms with E-state index in [4.69, 9.17) is 0 Å². The van der Waals surface area contributed by atoms with E-state index in [2.05, 4.69) is 46.2 Å². The Morgan fingerprint density at radius 1 is 0.917 bits per heavy atom. The predicted molar refractivity (Wildman–Crippen MR) is 69.9 cm³/mol. The molecule has 0 aliphatic heterocycles. The fourth-order valence-corrected chi connectivity index (χ4v) is 2.02. The van der Waals surface area contributed by atoms with Crippen LogP contribution in [-0.4, -0.2) is 39.2 Å². The van der Waals surface area contributed by atoms with Crippen LogP contribution in [0.25, 0.3) is 0 Å². The fraction of sp³-hybridized carbons (Fsp3) is 0.429. The van der Waals surface area contributed by atoms with Crippen LogP contribution in [0.2, 0.25) is 11.6 Å². The zero-order valence-corrected chi connectivity index (χ0v) is 9.15. The summed E-state index contributed by atoms with van der Waals surface area (Å²) >= 11 is 0. The minimum Gasteiger partial charge on any atom is -0.121 e. The average Bonchev–Trinajstić information content (AvgIpc) is 2.08. The summed E-state index contributed by atoms with van der Waals surface area (Å²) < 4.78 is 0. The quantitative estimate of drug-likeness (QED) is 0.331. The number of allylic oxidation sites excluding steroid dienone is 4. The molecule has 2 atom stereocenters. The van der Waals surface area contributed by atoms with E-state index in [9.17, 15) is 0 Å². The number of rotatable bonds is 0. The molecule has 0 aromatic rings. The van der Waals surface area contributed by atoms with Gasteiger partial charge in [-0.3, -0.25) is 0 Å². The largest absolute Gasteiger partial charge is 0.138 e. The number of hydrogen-bond acceptors (Lipinski definition) is 0. The highest BCUT2D eigenvalue weighted by Crippen LogP contribution is 2.38. The van der Waals surface area contributed by atoms with Gasteiger partial charge in [-0.15, -0.1) is 10.9 Å². The Hall–Kier alpha value is -0.195. The monoisotopic (exact) mass is 154 g/mol. The molecule has 58 valence electrons. The third kappa shape index (κ3) is 1.34. The van der Waals surface area contributed by atoms with Gasteiger partial charge in [-0.1, -0.05) is 22.7 Å². The Morgan fingerprint density at radius 3 is 1.83 bits per heavy atom. The molecule has 2 unspecified atom stereocenters. The van der Waals surface area contributed by atoms with Gasteiger partial charge in [-0.2, -0.15) is 0 Å². The van der Waals surface area contributed by atoms with Crippen LogP contribution in [0.5, 0.6) is 0 Å². The molecule has 1 aliphatic carbocycles. The summed E-state index contributed by atoms with van der Waals surface area (Å²) in [7, 11) is 11.5. The third-order valence-corrected chi connectivity index (χ3v) is 3.86. The summed E-state index contributed by atoms with van der Waals surface area (Å²) in [5, 5.41) is 0. The van der Waals surface area contributed by atoms with Crippen molar-refractivity contribution in [2.24, 2.45) is 0 Å². The molecule has 0 heterocycles. The molecule has 0 amide bonds. The maximum atomic E-state index is 2.33. The zero-order valence-electron chi connectivity index (χ0n) is 9.15. The summed E-state index contributed by atoms with van der Waals surface area (Å²) in [6.07, 6.45) is 0. The first kappa shape index (κ1) is 9.89. The third-order valence-electron chi connectivity index (χ3n) is 3.86. The first-order chi connectivity index (χ1) is 5.46. The van der Waals surface area contributed by atoms with Crippen LogP contribution in [-0.2, 0) is 0 Å². The Balaban J connectivity index is 3.18. The highest BCUT2D eigenvalue weighted by atomic mass is 14.2. The van der Waals surface area contributed by atoms with E-state index < -0.39 is 0 Å². The van der Waals surface area contributed by atoms with Gasteiger partial charge < -0.3 is 0 Å². The van der Waals surface area contributed by atoms with Gasteiger partial charge in [0.05, 0.1) is 0 Å². The summed E-state index contributed by atoms with van der Waals surface area (Å²) in [4.78, 5) is 0. The molecule has 0 radical (unpaired) electrons. The average molecular weight is 153 g/mol. The molecule has 0 aromatic carbocycles. The van der Waals surface area contributed by atoms with Gasteiger partial charge in [0.15, 0.2) is 0 Å². The van der Waals surface area contributed by atoms with Gasteiger partial charge in [-0.05, 0) is 6.92 Å². The summed E-state index contributed by atoms with van der Waals surface area (Å²) in [6.45, 7) is 2.25. The lowest BCUT2D eigenvalue weighted by atomic mass is 9.48. The van der Waals surface area contributed by atoms with Crippen molar-refractivity contribution in [1.29, 1.82) is 0 Å². The topological polar surface area (TPSA) is 0 Å². The van der Waals surface area contributed by atoms with Gasteiger partial charge in [0, 0.05) is 0 Å². The molecule has 1 rings (SSSR count). The Labute approximate surface area is 80.3 Å². The van der Waals surface area contributed by atoms with Crippen molar-refractivity contribution in [1.82, 2.24) is 0 Å². The van der Waals surface area contributed by atoms with Gasteiger partial charge >= 0.3 is 0 Å². The molecule has 1 aliphatic rings. The highest BCUT2D eigenvalue weighted by molar-refractivity contribution is 6.43. The second kappa shape index (κ2) is 3.28. The van der Waals surface area contributed by atoms with Crippen molar-refractivity contribution in [2.75, 3.05) is 0 Å². The van der Waals surface area contributed by atoms with Crippen LogP contribution in [0, 0.1) is 0 Å². The van der Waals surface area contributed by atoms with Crippen LogP contribution in [0.15, 0.2) is 22.0 Å². The van der Waals surface area contributed by atoms with Gasteiger partial charge in [-0.25, -0.2) is 0 Å². The van der Waals surface area contributed by atoms with Crippen molar-refractivity contribution in [2.45, 2.75) is 18.6 Å². The molecule has 0 saturated carbocycles. The second-order valence-electron chi connectivity index (χ2n) is 4.19. The fourth-order valence-electron chi connectivity index (χ4n) is 2.02. The molecule has 0 N–H and O–H groups in total. The SMILES string of the molecule is BC1=C(B)C(B)C(B)C(B)=C1C. The zero-order chi connectivity index (χ0) is 9.46. The van der Waals surface area contributed by atoms with E-state index in [0.717, 1.165) is 11.6 Å². The first-order valence-electron chi connectivity index (χ1n) is 4.82. The molecule has 12 heavy (non-hydrogen) atoms. The molecular formula is C7H15B5. The van der Waals surface area contributed by atoms with E-state index in [-0.39, 0.29) is 0 Å². The van der Waals surface area contributed by atoms with Crippen LogP contribution in [0.4, 0.5) is 0 Å². The van der Waals surface area contributed by atoms with E-state index in [1.807, 2.05) is 0 Å². The normalized spacial score (nSPS) is 31.1. The van der Waals surface area contributed by atoms with E-state index >= 15 is 0 Å². The van der Waals surface area contributed by atoms with Gasteiger partial charge in [0.25, 0.3) is 0 Å². The summed E-state index contributed by atoms with van der Waals surface area (Å²) in [5.74, 6) is 1.46. The smallest absolute Gasteiger partial charge is 0.121 e. The molecule has 0 nitrogen and oxygen atoms in total. The van der Waals surface area contributed by atoms with Gasteiger partial charge in [0.2, 0.25) is 0 Å². The molecule has 0 saturated heterocycles. The number of hydrogen-bond donors (Lipinski definition) is 0. The maximum Gasteiger partial charge on any atom is 0.138 e. The molecule has 0 spiro atoms. The molecule has 5 heteroatoms. The predicted octanol–water partition coefficient (Wildman–Crippen LogP) is -2.77.